The minimum Gasteiger partial charge on any atom is -0.508 e. The Morgan fingerprint density at radius 1 is 0.833 bits per heavy atom. The topological polar surface area (TPSA) is 84.9 Å². The molecular weight excluding hydrogens is 698 g/mol. The predicted octanol–water partition coefficient (Wildman–Crippen LogP) is 9.62. The van der Waals surface area contributed by atoms with Crippen molar-refractivity contribution in [3.05, 3.63) is 112 Å². The first kappa shape index (κ1) is 40.3. The number of phenolic OH excluding ortho intramolecular Hbond substituents is 1. The standard InChI is InChI=1S/C23H30FNO2.C22H30N2O2S/c1-3-22(2)17-23(13-15-27-22,19-8-10-20(24)11-9-19)12-14-25-16-18-6-4-5-7-21(18)26;1-25-18-7-15-27-19(18)16-23-13-10-21(20-6-2-5-12-24-20)11-14-26-22(17-21)8-3-4-9-22/h4-11,25-26H,3,12-17H2,1-2H3;2,5-7,12,15,23H,3-4,8-11,13-14,16-17H2,1H3/t;21-/m.1/s1. The highest BCUT2D eigenvalue weighted by atomic mass is 32.1. The van der Waals surface area contributed by atoms with Gasteiger partial charge in [-0.25, -0.2) is 4.39 Å². The van der Waals surface area contributed by atoms with Gasteiger partial charge in [-0.3, -0.25) is 4.98 Å². The van der Waals surface area contributed by atoms with Crippen LogP contribution in [0.1, 0.15) is 106 Å². The summed E-state index contributed by atoms with van der Waals surface area (Å²) in [5, 5.41) is 19.1. The number of hydrogen-bond acceptors (Lipinski definition) is 8. The molecule has 9 heteroatoms. The molecule has 3 aliphatic rings. The van der Waals surface area contributed by atoms with Crippen molar-refractivity contribution < 1.29 is 23.7 Å². The van der Waals surface area contributed by atoms with Gasteiger partial charge < -0.3 is 30.0 Å². The number of aromatic nitrogens is 1. The quantitative estimate of drug-likeness (QED) is 0.111. The van der Waals surface area contributed by atoms with Crippen molar-refractivity contribution in [3.8, 4) is 11.5 Å². The summed E-state index contributed by atoms with van der Waals surface area (Å²) in [5.74, 6) is 1.11. The molecule has 1 aliphatic carbocycles. The number of rotatable bonds is 14. The Kier molecular flexibility index (Phi) is 13.8. The van der Waals surface area contributed by atoms with Crippen LogP contribution in [0.25, 0.3) is 0 Å². The summed E-state index contributed by atoms with van der Waals surface area (Å²) in [6.07, 6.45) is 14.0. The second-order valence-electron chi connectivity index (χ2n) is 15.9. The summed E-state index contributed by atoms with van der Waals surface area (Å²) in [6, 6.07) is 22.8. The Labute approximate surface area is 326 Å². The first-order valence-corrected chi connectivity index (χ1v) is 20.8. The lowest BCUT2D eigenvalue weighted by molar-refractivity contribution is -0.104. The van der Waals surface area contributed by atoms with Crippen molar-refractivity contribution in [1.82, 2.24) is 15.6 Å². The molecule has 0 radical (unpaired) electrons. The Morgan fingerprint density at radius 3 is 2.26 bits per heavy atom. The zero-order valence-corrected chi connectivity index (χ0v) is 33.3. The third-order valence-electron chi connectivity index (χ3n) is 12.4. The largest absolute Gasteiger partial charge is 0.508 e. The first-order chi connectivity index (χ1) is 26.2. The highest BCUT2D eigenvalue weighted by Gasteiger charge is 2.48. The third-order valence-corrected chi connectivity index (χ3v) is 13.3. The lowest BCUT2D eigenvalue weighted by Crippen LogP contribution is -2.47. The Morgan fingerprint density at radius 2 is 1.54 bits per heavy atom. The van der Waals surface area contributed by atoms with E-state index >= 15 is 0 Å². The van der Waals surface area contributed by atoms with Crippen molar-refractivity contribution in [2.24, 2.45) is 0 Å². The van der Waals surface area contributed by atoms with Crippen molar-refractivity contribution in [2.45, 2.75) is 120 Å². The molecule has 3 fully saturated rings. The number of benzene rings is 2. The Hall–Kier alpha value is -3.34. The van der Waals surface area contributed by atoms with Crippen LogP contribution in [0.4, 0.5) is 4.39 Å². The van der Waals surface area contributed by atoms with E-state index in [1.165, 1.54) is 41.8 Å². The van der Waals surface area contributed by atoms with Crippen LogP contribution in [0.5, 0.6) is 11.5 Å². The van der Waals surface area contributed by atoms with Crippen LogP contribution in [0.15, 0.2) is 84.4 Å². The maximum Gasteiger partial charge on any atom is 0.134 e. The van der Waals surface area contributed by atoms with Crippen LogP contribution in [0.3, 0.4) is 0 Å². The van der Waals surface area contributed by atoms with Crippen LogP contribution < -0.4 is 15.4 Å². The lowest BCUT2D eigenvalue weighted by Gasteiger charge is -2.47. The second-order valence-corrected chi connectivity index (χ2v) is 16.9. The van der Waals surface area contributed by atoms with Crippen molar-refractivity contribution >= 4 is 11.3 Å². The van der Waals surface area contributed by atoms with Gasteiger partial charge in [-0.05, 0) is 125 Å². The number of nitrogens with one attached hydrogen (secondary N) is 2. The van der Waals surface area contributed by atoms with E-state index in [4.69, 9.17) is 19.2 Å². The van der Waals surface area contributed by atoms with Gasteiger partial charge in [0.2, 0.25) is 0 Å². The van der Waals surface area contributed by atoms with E-state index in [-0.39, 0.29) is 27.8 Å². The van der Waals surface area contributed by atoms with Crippen LogP contribution in [0.2, 0.25) is 0 Å². The number of hydrogen-bond donors (Lipinski definition) is 3. The minimum absolute atomic E-state index is 0.0254. The van der Waals surface area contributed by atoms with Crippen molar-refractivity contribution in [2.75, 3.05) is 33.4 Å². The monoisotopic (exact) mass is 757 g/mol. The molecule has 3 N–H and O–H groups in total. The van der Waals surface area contributed by atoms with Crippen LogP contribution in [0, 0.1) is 5.82 Å². The molecule has 2 aromatic heterocycles. The van der Waals surface area contributed by atoms with E-state index in [1.54, 1.807) is 36.6 Å². The molecule has 1 spiro atoms. The van der Waals surface area contributed by atoms with Crippen LogP contribution in [-0.4, -0.2) is 54.7 Å². The molecule has 0 bridgehead atoms. The summed E-state index contributed by atoms with van der Waals surface area (Å²) in [4.78, 5) is 6.05. The molecule has 1 saturated carbocycles. The number of halogens is 1. The maximum absolute atomic E-state index is 13.5. The van der Waals surface area contributed by atoms with E-state index in [9.17, 15) is 9.50 Å². The number of methoxy groups -OCH3 is 1. The highest BCUT2D eigenvalue weighted by molar-refractivity contribution is 7.10. The fraction of sp³-hybridized carbons (Fsp3) is 0.533. The van der Waals surface area contributed by atoms with Crippen molar-refractivity contribution in [3.63, 3.8) is 0 Å². The van der Waals surface area contributed by atoms with Gasteiger partial charge >= 0.3 is 0 Å². The van der Waals surface area contributed by atoms with Gasteiger partial charge in [-0.15, -0.1) is 11.3 Å². The van der Waals surface area contributed by atoms with Gasteiger partial charge in [-0.2, -0.15) is 0 Å². The smallest absolute Gasteiger partial charge is 0.134 e. The van der Waals surface area contributed by atoms with E-state index < -0.39 is 0 Å². The van der Waals surface area contributed by atoms with E-state index in [0.29, 0.717) is 12.3 Å². The summed E-state index contributed by atoms with van der Waals surface area (Å²) >= 11 is 1.75. The summed E-state index contributed by atoms with van der Waals surface area (Å²) in [6.45, 7) is 9.22. The molecule has 7 rings (SSSR count). The summed E-state index contributed by atoms with van der Waals surface area (Å²) < 4.78 is 31.3. The number of ether oxygens (including phenoxy) is 3. The maximum atomic E-state index is 13.5. The number of aromatic hydroxyl groups is 1. The zero-order valence-electron chi connectivity index (χ0n) is 32.5. The van der Waals surface area contributed by atoms with Crippen molar-refractivity contribution in [1.29, 1.82) is 0 Å². The number of phenols is 1. The molecule has 0 amide bonds. The molecule has 2 aliphatic heterocycles. The number of thiophene rings is 1. The molecule has 2 saturated heterocycles. The fourth-order valence-corrected chi connectivity index (χ4v) is 9.97. The number of nitrogens with zero attached hydrogens (tertiary/aromatic N) is 1. The van der Waals surface area contributed by atoms with Gasteiger partial charge in [0.1, 0.15) is 17.3 Å². The molecule has 4 aromatic rings. The van der Waals surface area contributed by atoms with Gasteiger partial charge in [0.15, 0.2) is 0 Å². The predicted molar refractivity (Wildman–Crippen MR) is 216 cm³/mol. The lowest BCUT2D eigenvalue weighted by atomic mass is 9.66. The fourth-order valence-electron chi connectivity index (χ4n) is 9.16. The number of pyridine rings is 1. The Bertz CT molecular complexity index is 1730. The molecule has 7 nitrogen and oxygen atoms in total. The van der Waals surface area contributed by atoms with Crippen LogP contribution >= 0.6 is 11.3 Å². The van der Waals surface area contributed by atoms with E-state index in [2.05, 4.69) is 42.0 Å². The molecule has 2 unspecified atom stereocenters. The van der Waals surface area contributed by atoms with Crippen LogP contribution in [-0.2, 0) is 33.4 Å². The molecule has 2 aromatic carbocycles. The van der Waals surface area contributed by atoms with E-state index in [1.807, 2.05) is 48.7 Å². The number of para-hydroxylation sites is 1. The molecule has 4 heterocycles. The van der Waals surface area contributed by atoms with Gasteiger partial charge in [0, 0.05) is 54.6 Å². The molecule has 292 valence electrons. The molecular formula is C45H60FN3O4S. The Balaban J connectivity index is 0.000000184. The summed E-state index contributed by atoms with van der Waals surface area (Å²) in [7, 11) is 1.74. The van der Waals surface area contributed by atoms with Gasteiger partial charge in [0.05, 0.1) is 23.2 Å². The zero-order chi connectivity index (χ0) is 37.9. The second kappa shape index (κ2) is 18.5. The van der Waals surface area contributed by atoms with E-state index in [0.717, 1.165) is 89.1 Å². The molecule has 3 atom stereocenters. The highest BCUT2D eigenvalue weighted by Crippen LogP contribution is 2.50. The van der Waals surface area contributed by atoms with Gasteiger partial charge in [0.25, 0.3) is 0 Å². The summed E-state index contributed by atoms with van der Waals surface area (Å²) in [5.41, 5.74) is 3.38. The average molecular weight is 758 g/mol. The SMILES string of the molecule is CCC1(C)CC(CCNCc2ccccc2O)(c2ccc(F)cc2)CCO1.COc1ccsc1CNCC[C@@]1(c2ccccn2)CCOC2(CCCC2)C1. The minimum atomic E-state index is -0.197. The molecule has 54 heavy (non-hydrogen) atoms. The first-order valence-electron chi connectivity index (χ1n) is 20.0. The average Bonchev–Trinajstić information content (AvgIpc) is 3.86. The third kappa shape index (κ3) is 9.90. The van der Waals surface area contributed by atoms with Gasteiger partial charge in [-0.1, -0.05) is 56.2 Å². The normalized spacial score (nSPS) is 24.9.